The molecule has 1 fully saturated rings. The molecule has 1 amide bonds. The van der Waals surface area contributed by atoms with Crippen molar-refractivity contribution < 1.29 is 9.59 Å². The van der Waals surface area contributed by atoms with E-state index in [9.17, 15) is 9.59 Å². The maximum Gasteiger partial charge on any atom is 0.223 e. The van der Waals surface area contributed by atoms with Gasteiger partial charge in [0.15, 0.2) is 5.78 Å². The molecule has 0 spiro atoms. The van der Waals surface area contributed by atoms with Gasteiger partial charge in [0.05, 0.1) is 0 Å². The van der Waals surface area contributed by atoms with Gasteiger partial charge < -0.3 is 4.90 Å². The molecule has 3 rings (SSSR count). The summed E-state index contributed by atoms with van der Waals surface area (Å²) in [5.74, 6) is 0.257. The first-order chi connectivity index (χ1) is 10.7. The average molecular weight is 293 g/mol. The fourth-order valence-corrected chi connectivity index (χ4v) is 2.96. The van der Waals surface area contributed by atoms with Gasteiger partial charge in [-0.25, -0.2) is 0 Å². The van der Waals surface area contributed by atoms with Gasteiger partial charge in [-0.1, -0.05) is 60.7 Å². The van der Waals surface area contributed by atoms with E-state index in [2.05, 4.69) is 0 Å². The van der Waals surface area contributed by atoms with Crippen molar-refractivity contribution in [1.82, 2.24) is 4.90 Å². The summed E-state index contributed by atoms with van der Waals surface area (Å²) in [5, 5.41) is 0. The second-order valence-electron chi connectivity index (χ2n) is 5.69. The van der Waals surface area contributed by atoms with E-state index in [4.69, 9.17) is 0 Å². The van der Waals surface area contributed by atoms with Crippen LogP contribution in [0.3, 0.4) is 0 Å². The zero-order chi connectivity index (χ0) is 15.4. The van der Waals surface area contributed by atoms with Gasteiger partial charge in [-0.05, 0) is 12.0 Å². The fourth-order valence-electron chi connectivity index (χ4n) is 2.96. The van der Waals surface area contributed by atoms with Crippen LogP contribution in [0.15, 0.2) is 60.7 Å². The second-order valence-corrected chi connectivity index (χ2v) is 5.69. The monoisotopic (exact) mass is 293 g/mol. The van der Waals surface area contributed by atoms with Gasteiger partial charge in [-0.3, -0.25) is 9.59 Å². The third-order valence-corrected chi connectivity index (χ3v) is 4.17. The highest BCUT2D eigenvalue weighted by atomic mass is 16.2. The molecule has 0 saturated carbocycles. The number of nitrogens with zero attached hydrogens (tertiary/aromatic N) is 1. The number of carbonyl (C=O) groups excluding carboxylic acids is 2. The number of benzene rings is 2. The lowest BCUT2D eigenvalue weighted by molar-refractivity contribution is -0.129. The molecule has 0 bridgehead atoms. The van der Waals surface area contributed by atoms with E-state index in [0.29, 0.717) is 19.4 Å². The molecule has 2 aromatic carbocycles. The molecule has 1 heterocycles. The summed E-state index contributed by atoms with van der Waals surface area (Å²) in [4.78, 5) is 26.3. The SMILES string of the molecule is O=C(CC1CCC(=O)N1Cc1ccccc1)c1ccccc1. The molecule has 0 N–H and O–H groups in total. The van der Waals surface area contributed by atoms with E-state index >= 15 is 0 Å². The van der Waals surface area contributed by atoms with Crippen molar-refractivity contribution in [2.75, 3.05) is 0 Å². The van der Waals surface area contributed by atoms with Crippen LogP contribution in [0.2, 0.25) is 0 Å². The van der Waals surface area contributed by atoms with Gasteiger partial charge in [0.1, 0.15) is 0 Å². The van der Waals surface area contributed by atoms with Gasteiger partial charge in [-0.2, -0.15) is 0 Å². The Morgan fingerprint density at radius 2 is 1.64 bits per heavy atom. The lowest BCUT2D eigenvalue weighted by Gasteiger charge is -2.24. The Labute approximate surface area is 130 Å². The molecule has 0 radical (unpaired) electrons. The molecular weight excluding hydrogens is 274 g/mol. The summed E-state index contributed by atoms with van der Waals surface area (Å²) < 4.78 is 0. The van der Waals surface area contributed by atoms with Crippen molar-refractivity contribution in [3.05, 3.63) is 71.8 Å². The number of rotatable bonds is 5. The standard InChI is InChI=1S/C19H19NO2/c21-18(16-9-5-2-6-10-16)13-17-11-12-19(22)20(17)14-15-7-3-1-4-8-15/h1-10,17H,11-14H2. The Morgan fingerprint density at radius 3 is 2.32 bits per heavy atom. The number of Topliss-reactive ketones (excluding diaryl/α,β-unsaturated/α-hetero) is 1. The van der Waals surface area contributed by atoms with Crippen molar-refractivity contribution in [2.45, 2.75) is 31.8 Å². The van der Waals surface area contributed by atoms with Crippen LogP contribution in [0.5, 0.6) is 0 Å². The van der Waals surface area contributed by atoms with Crippen LogP contribution in [0.1, 0.15) is 35.2 Å². The van der Waals surface area contributed by atoms with Gasteiger partial charge in [0.25, 0.3) is 0 Å². The molecule has 1 atom stereocenters. The van der Waals surface area contributed by atoms with Crippen molar-refractivity contribution in [1.29, 1.82) is 0 Å². The molecule has 1 aliphatic rings. The van der Waals surface area contributed by atoms with E-state index in [1.807, 2.05) is 65.6 Å². The molecule has 3 nitrogen and oxygen atoms in total. The third kappa shape index (κ3) is 3.25. The highest BCUT2D eigenvalue weighted by molar-refractivity contribution is 5.97. The average Bonchev–Trinajstić information content (AvgIpc) is 2.90. The maximum atomic E-state index is 12.4. The molecule has 3 heteroatoms. The van der Waals surface area contributed by atoms with E-state index < -0.39 is 0 Å². The van der Waals surface area contributed by atoms with Crippen LogP contribution >= 0.6 is 0 Å². The number of hydrogen-bond donors (Lipinski definition) is 0. The molecule has 0 aromatic heterocycles. The Morgan fingerprint density at radius 1 is 1.00 bits per heavy atom. The van der Waals surface area contributed by atoms with Crippen molar-refractivity contribution >= 4 is 11.7 Å². The van der Waals surface area contributed by atoms with Crippen LogP contribution < -0.4 is 0 Å². The van der Waals surface area contributed by atoms with E-state index in [1.54, 1.807) is 0 Å². The number of hydrogen-bond acceptors (Lipinski definition) is 2. The summed E-state index contributed by atoms with van der Waals surface area (Å²) >= 11 is 0. The molecule has 1 unspecified atom stereocenters. The van der Waals surface area contributed by atoms with Gasteiger partial charge in [-0.15, -0.1) is 0 Å². The minimum atomic E-state index is 0.0143. The number of carbonyl (C=O) groups is 2. The van der Waals surface area contributed by atoms with Crippen molar-refractivity contribution in [3.63, 3.8) is 0 Å². The predicted octanol–water partition coefficient (Wildman–Crippen LogP) is 3.45. The fraction of sp³-hybridized carbons (Fsp3) is 0.263. The minimum Gasteiger partial charge on any atom is -0.335 e. The van der Waals surface area contributed by atoms with E-state index in [-0.39, 0.29) is 17.7 Å². The first-order valence-electron chi connectivity index (χ1n) is 7.65. The Balaban J connectivity index is 1.70. The van der Waals surface area contributed by atoms with Gasteiger partial charge >= 0.3 is 0 Å². The van der Waals surface area contributed by atoms with Crippen molar-refractivity contribution in [3.8, 4) is 0 Å². The molecule has 1 saturated heterocycles. The zero-order valence-electron chi connectivity index (χ0n) is 12.4. The molecule has 2 aromatic rings. The summed E-state index contributed by atoms with van der Waals surface area (Å²) in [6.07, 6.45) is 1.71. The normalized spacial score (nSPS) is 17.7. The van der Waals surface area contributed by atoms with Gasteiger partial charge in [0, 0.05) is 31.0 Å². The van der Waals surface area contributed by atoms with Crippen LogP contribution in [0, 0.1) is 0 Å². The molecule has 112 valence electrons. The topological polar surface area (TPSA) is 37.4 Å². The molecular formula is C19H19NO2. The summed E-state index contributed by atoms with van der Waals surface area (Å²) in [6.45, 7) is 0.590. The first-order valence-corrected chi connectivity index (χ1v) is 7.65. The van der Waals surface area contributed by atoms with Crippen LogP contribution in [-0.2, 0) is 11.3 Å². The van der Waals surface area contributed by atoms with Crippen LogP contribution in [0.4, 0.5) is 0 Å². The number of likely N-dealkylation sites (tertiary alicyclic amines) is 1. The summed E-state index contributed by atoms with van der Waals surface area (Å²) in [7, 11) is 0. The predicted molar refractivity (Wildman–Crippen MR) is 85.4 cm³/mol. The Kier molecular flexibility index (Phi) is 4.33. The summed E-state index contributed by atoms with van der Waals surface area (Å²) in [6, 6.07) is 19.3. The maximum absolute atomic E-state index is 12.4. The number of amides is 1. The quantitative estimate of drug-likeness (QED) is 0.792. The second kappa shape index (κ2) is 6.56. The van der Waals surface area contributed by atoms with Crippen LogP contribution in [-0.4, -0.2) is 22.6 Å². The zero-order valence-corrected chi connectivity index (χ0v) is 12.4. The highest BCUT2D eigenvalue weighted by Crippen LogP contribution is 2.25. The van der Waals surface area contributed by atoms with E-state index in [0.717, 1.165) is 17.5 Å². The van der Waals surface area contributed by atoms with Gasteiger partial charge in [0.2, 0.25) is 5.91 Å². The summed E-state index contributed by atoms with van der Waals surface area (Å²) in [5.41, 5.74) is 1.83. The number of ketones is 1. The lowest BCUT2D eigenvalue weighted by Crippen LogP contribution is -2.34. The Hall–Kier alpha value is -2.42. The molecule has 1 aliphatic heterocycles. The Bertz CT molecular complexity index is 652. The minimum absolute atomic E-state index is 0.0143. The molecule has 22 heavy (non-hydrogen) atoms. The molecule has 0 aliphatic carbocycles. The smallest absolute Gasteiger partial charge is 0.223 e. The lowest BCUT2D eigenvalue weighted by atomic mass is 10.0. The first kappa shape index (κ1) is 14.5. The highest BCUT2D eigenvalue weighted by Gasteiger charge is 2.32. The van der Waals surface area contributed by atoms with Crippen LogP contribution in [0.25, 0.3) is 0 Å². The largest absolute Gasteiger partial charge is 0.335 e. The van der Waals surface area contributed by atoms with Crippen molar-refractivity contribution in [2.24, 2.45) is 0 Å². The van der Waals surface area contributed by atoms with E-state index in [1.165, 1.54) is 0 Å². The third-order valence-electron chi connectivity index (χ3n) is 4.17.